The lowest BCUT2D eigenvalue weighted by atomic mass is 9.83. The highest BCUT2D eigenvalue weighted by Gasteiger charge is 2.37. The van der Waals surface area contributed by atoms with Crippen molar-refractivity contribution in [3.8, 4) is 0 Å². The highest BCUT2D eigenvalue weighted by molar-refractivity contribution is 5.30. The number of rotatable bonds is 104. The molecule has 121 heavy (non-hydrogen) atoms. The van der Waals surface area contributed by atoms with Crippen LogP contribution in [0.5, 0.6) is 0 Å². The number of unbranched alkanes of at least 4 members (excludes halogenated alkanes) is 97. The van der Waals surface area contributed by atoms with Crippen molar-refractivity contribution >= 4 is 0 Å². The van der Waals surface area contributed by atoms with Gasteiger partial charge in [-0.15, -0.1) is 0 Å². The Morgan fingerprint density at radius 3 is 0.554 bits per heavy atom. The van der Waals surface area contributed by atoms with Gasteiger partial charge in [0.15, 0.2) is 0 Å². The van der Waals surface area contributed by atoms with Crippen LogP contribution in [0.4, 0.5) is 0 Å². The van der Waals surface area contributed by atoms with Gasteiger partial charge in [0.2, 0.25) is 0 Å². The van der Waals surface area contributed by atoms with Gasteiger partial charge in [0.05, 0.1) is 6.04 Å². The number of hydrazine groups is 1. The summed E-state index contributed by atoms with van der Waals surface area (Å²) in [7, 11) is 2.32. The second kappa shape index (κ2) is 97.3. The molecule has 0 spiro atoms. The molecule has 1 aliphatic heterocycles. The summed E-state index contributed by atoms with van der Waals surface area (Å²) in [4.78, 5) is 6.85. The van der Waals surface area contributed by atoms with Gasteiger partial charge in [-0.2, -0.15) is 0 Å². The summed E-state index contributed by atoms with van der Waals surface area (Å²) >= 11 is 0. The second-order valence-corrected chi connectivity index (χ2v) is 41.0. The molecule has 0 amide bonds. The zero-order valence-corrected chi connectivity index (χ0v) is 83.2. The first-order chi connectivity index (χ1) is 60.3. The number of pyridine rings is 1. The quantitative estimate of drug-likeness (QED) is 0.0648. The van der Waals surface area contributed by atoms with Gasteiger partial charge in [-0.1, -0.05) is 660 Å². The van der Waals surface area contributed by atoms with E-state index in [4.69, 9.17) is 0 Å². The van der Waals surface area contributed by atoms with Crippen LogP contribution in [0.2, 0.25) is 0 Å². The van der Waals surface area contributed by atoms with Gasteiger partial charge in [-0.05, 0) is 56.2 Å². The Morgan fingerprint density at radius 1 is 0.198 bits per heavy atom. The van der Waals surface area contributed by atoms with Crippen LogP contribution in [-0.2, 0) is 0 Å². The van der Waals surface area contributed by atoms with Crippen LogP contribution in [0, 0.1) is 0 Å². The molecule has 3 atom stereocenters. The van der Waals surface area contributed by atoms with Crippen LogP contribution in [0.25, 0.3) is 0 Å². The third-order valence-corrected chi connectivity index (χ3v) is 29.2. The Morgan fingerprint density at radius 2 is 0.372 bits per heavy atom. The van der Waals surface area contributed by atoms with E-state index in [2.05, 4.69) is 77.2 Å². The van der Waals surface area contributed by atoms with Gasteiger partial charge in [-0.25, -0.2) is 5.43 Å². The van der Waals surface area contributed by atoms with Crippen molar-refractivity contribution in [2.24, 2.45) is 0 Å². The Balaban J connectivity index is 0.838. The molecule has 1 aromatic carbocycles. The van der Waals surface area contributed by atoms with E-state index in [1.165, 1.54) is 647 Å². The molecule has 0 radical (unpaired) electrons. The first-order valence-electron chi connectivity index (χ1n) is 57.4. The minimum Gasteiger partial charge on any atom is -0.306 e. The molecule has 4 heteroatoms. The maximum atomic E-state index is 4.30. The lowest BCUT2D eigenvalue weighted by Crippen LogP contribution is -2.35. The predicted octanol–water partition coefficient (Wildman–Crippen LogP) is 41.0. The van der Waals surface area contributed by atoms with Crippen molar-refractivity contribution in [3.05, 3.63) is 66.0 Å². The molecule has 2 heterocycles. The fourth-order valence-electron chi connectivity index (χ4n) is 20.7. The number of nitrogens with one attached hydrogen (secondary N) is 2. The van der Waals surface area contributed by atoms with E-state index in [0.29, 0.717) is 12.0 Å². The summed E-state index contributed by atoms with van der Waals surface area (Å²) in [6.45, 7) is 4.66. The summed E-state index contributed by atoms with van der Waals surface area (Å²) < 4.78 is 0. The summed E-state index contributed by atoms with van der Waals surface area (Å²) in [5.41, 5.74) is 10.0. The minimum absolute atomic E-state index is 0.277. The SMILES string of the molecule is CCCCCCCCCCCCCCCCCCCCCCCCCCCCCCCCCCCCCCCCCCCCCCCCCCCCCCCCCCCCCCCCCCCCCCCCCCCCCCCCCCCCCCCCCCCCCCCCCCCCN(C)CCC1NNC(c2ccccc2)C1c1ccncc1. The first kappa shape index (κ1) is 113. The third kappa shape index (κ3) is 81.2. The van der Waals surface area contributed by atoms with Crippen molar-refractivity contribution in [2.75, 3.05) is 20.1 Å². The maximum absolute atomic E-state index is 4.30. The van der Waals surface area contributed by atoms with Crippen LogP contribution in [0.1, 0.15) is 666 Å². The second-order valence-electron chi connectivity index (χ2n) is 41.0. The van der Waals surface area contributed by atoms with Crippen LogP contribution in [0.15, 0.2) is 54.9 Å². The molecule has 0 saturated carbocycles. The summed E-state index contributed by atoms with van der Waals surface area (Å²) in [5, 5.41) is 0. The monoisotopic (exact) mass is 1680 g/mol. The van der Waals surface area contributed by atoms with Crippen LogP contribution < -0.4 is 10.9 Å². The lowest BCUT2D eigenvalue weighted by molar-refractivity contribution is 0.297. The van der Waals surface area contributed by atoms with E-state index in [9.17, 15) is 0 Å². The molecule has 710 valence electrons. The predicted molar refractivity (Wildman–Crippen MR) is 546 cm³/mol. The lowest BCUT2D eigenvalue weighted by Gasteiger charge is -2.25. The van der Waals surface area contributed by atoms with Crippen molar-refractivity contribution in [1.82, 2.24) is 20.7 Å². The number of hydrogen-bond donors (Lipinski definition) is 2. The fraction of sp³-hybridized carbons (Fsp3) is 0.906. The van der Waals surface area contributed by atoms with E-state index in [1.807, 2.05) is 12.4 Å². The normalized spacial score (nSPS) is 14.3. The zero-order valence-electron chi connectivity index (χ0n) is 83.2. The summed E-state index contributed by atoms with van der Waals surface area (Å²) in [6, 6.07) is 16.0. The number of aromatic nitrogens is 1. The molecule has 0 aliphatic carbocycles. The van der Waals surface area contributed by atoms with Crippen molar-refractivity contribution in [2.45, 2.75) is 661 Å². The van der Waals surface area contributed by atoms with E-state index >= 15 is 0 Å². The van der Waals surface area contributed by atoms with Crippen molar-refractivity contribution in [1.29, 1.82) is 0 Å². The molecule has 1 fully saturated rings. The Kier molecular flexibility index (Phi) is 91.2. The molecule has 0 bridgehead atoms. The van der Waals surface area contributed by atoms with E-state index in [0.717, 1.165) is 13.0 Å². The largest absolute Gasteiger partial charge is 0.306 e. The van der Waals surface area contributed by atoms with Gasteiger partial charge in [0.1, 0.15) is 0 Å². The van der Waals surface area contributed by atoms with Gasteiger partial charge in [0.25, 0.3) is 0 Å². The first-order valence-corrected chi connectivity index (χ1v) is 57.4. The average Bonchev–Trinajstić information content (AvgIpc) is 1.66. The van der Waals surface area contributed by atoms with E-state index in [-0.39, 0.29) is 6.04 Å². The van der Waals surface area contributed by atoms with E-state index < -0.39 is 0 Å². The molecule has 2 N–H and O–H groups in total. The zero-order chi connectivity index (χ0) is 85.4. The molecular formula is C117H222N4. The molecule has 3 unspecified atom stereocenters. The van der Waals surface area contributed by atoms with Gasteiger partial charge >= 0.3 is 0 Å². The highest BCUT2D eigenvalue weighted by atomic mass is 15.4. The molecule has 1 aliphatic rings. The van der Waals surface area contributed by atoms with Crippen molar-refractivity contribution < 1.29 is 0 Å². The van der Waals surface area contributed by atoms with Gasteiger partial charge in [-0.3, -0.25) is 10.4 Å². The Bertz CT molecular complexity index is 2180. The summed E-state index contributed by atoms with van der Waals surface area (Å²) in [5.74, 6) is 0.398. The highest BCUT2D eigenvalue weighted by Crippen LogP contribution is 2.38. The molecule has 4 nitrogen and oxygen atoms in total. The molecule has 3 rings (SSSR count). The average molecular weight is 1690 g/mol. The molecular weight excluding hydrogens is 1460 g/mol. The van der Waals surface area contributed by atoms with Crippen LogP contribution in [-0.4, -0.2) is 36.1 Å². The number of nitrogens with zero attached hydrogens (tertiary/aromatic N) is 2. The summed E-state index contributed by atoms with van der Waals surface area (Å²) in [6.07, 6.45) is 151. The maximum Gasteiger partial charge on any atom is 0.0546 e. The van der Waals surface area contributed by atoms with E-state index in [1.54, 1.807) is 0 Å². The van der Waals surface area contributed by atoms with Gasteiger partial charge < -0.3 is 4.90 Å². The van der Waals surface area contributed by atoms with Crippen molar-refractivity contribution in [3.63, 3.8) is 0 Å². The number of benzene rings is 1. The Hall–Kier alpha value is -1.75. The smallest absolute Gasteiger partial charge is 0.0546 e. The number of hydrogen-bond acceptors (Lipinski definition) is 4. The molecule has 2 aromatic rings. The third-order valence-electron chi connectivity index (χ3n) is 29.2. The van der Waals surface area contributed by atoms with Crippen LogP contribution in [0.3, 0.4) is 0 Å². The fourth-order valence-corrected chi connectivity index (χ4v) is 20.7. The Labute approximate surface area is 762 Å². The minimum atomic E-state index is 0.277. The van der Waals surface area contributed by atoms with Crippen LogP contribution >= 0.6 is 0 Å². The molecule has 1 aromatic heterocycles. The van der Waals surface area contributed by atoms with Gasteiger partial charge in [0, 0.05) is 24.4 Å². The molecule has 1 saturated heterocycles. The standard InChI is InChI=1S/C117H222N4/c1-3-4-5-6-7-8-9-10-11-12-13-14-15-16-17-18-19-20-21-22-23-24-25-26-27-28-29-30-31-32-33-34-35-36-37-38-39-40-41-42-43-44-45-46-47-48-49-50-51-52-53-54-55-56-57-58-59-60-61-62-63-64-65-66-67-68-69-70-71-72-73-74-75-76-77-78-79-80-81-82-83-84-85-86-87-88-89-90-91-92-93-94-95-96-97-98-99-103-111-121(2)112-108-115-116(113-106-109-118-110-107-113)117(120-119-115)114-104-101-100-102-105-114/h100-102,104-107,109-110,115-117,119-120H,3-99,103,108,111-112H2,1-2H3. The topological polar surface area (TPSA) is 40.2 Å².